The molecule has 1 saturated carbocycles. The van der Waals surface area contributed by atoms with Crippen molar-refractivity contribution in [1.29, 1.82) is 0 Å². The summed E-state index contributed by atoms with van der Waals surface area (Å²) in [4.78, 5) is 30.2. The molecular weight excluding hydrogens is 326 g/mol. The number of fused-ring (bicyclic) bond motifs is 1. The SMILES string of the molecule is CC(C)c1nc2ccccc2c(=O)n1NC(=O)C1CC1c1ccccc1. The van der Waals surface area contributed by atoms with Gasteiger partial charge in [-0.2, -0.15) is 0 Å². The molecule has 1 aromatic heterocycles. The van der Waals surface area contributed by atoms with Gasteiger partial charge >= 0.3 is 0 Å². The smallest absolute Gasteiger partial charge is 0.273 e. The molecule has 0 spiro atoms. The Bertz CT molecular complexity index is 1020. The van der Waals surface area contributed by atoms with E-state index in [1.54, 1.807) is 12.1 Å². The first-order valence-electron chi connectivity index (χ1n) is 8.93. The number of aromatic nitrogens is 2. The number of rotatable bonds is 4. The monoisotopic (exact) mass is 347 g/mol. The fourth-order valence-electron chi connectivity index (χ4n) is 3.39. The average Bonchev–Trinajstić information content (AvgIpc) is 3.45. The van der Waals surface area contributed by atoms with Crippen LogP contribution in [0.4, 0.5) is 0 Å². The van der Waals surface area contributed by atoms with Gasteiger partial charge in [0.1, 0.15) is 5.82 Å². The van der Waals surface area contributed by atoms with Gasteiger partial charge in [0.15, 0.2) is 0 Å². The average molecular weight is 347 g/mol. The van der Waals surface area contributed by atoms with Crippen LogP contribution in [0.1, 0.15) is 43.5 Å². The summed E-state index contributed by atoms with van der Waals surface area (Å²) in [5.41, 5.74) is 4.41. The van der Waals surface area contributed by atoms with Crippen molar-refractivity contribution in [3.63, 3.8) is 0 Å². The summed E-state index contributed by atoms with van der Waals surface area (Å²) in [6.45, 7) is 3.92. The van der Waals surface area contributed by atoms with E-state index in [0.717, 1.165) is 6.42 Å². The molecule has 132 valence electrons. The van der Waals surface area contributed by atoms with Gasteiger partial charge in [-0.3, -0.25) is 15.0 Å². The van der Waals surface area contributed by atoms with Crippen LogP contribution in [0, 0.1) is 5.92 Å². The van der Waals surface area contributed by atoms with Gasteiger partial charge in [0.2, 0.25) is 5.91 Å². The van der Waals surface area contributed by atoms with Gasteiger partial charge in [0.25, 0.3) is 5.56 Å². The molecule has 5 nitrogen and oxygen atoms in total. The number of nitrogens with one attached hydrogen (secondary N) is 1. The fraction of sp³-hybridized carbons (Fsp3) is 0.286. The minimum absolute atomic E-state index is 0.0109. The maximum atomic E-state index is 12.9. The Morgan fingerprint density at radius 1 is 1.12 bits per heavy atom. The first-order chi connectivity index (χ1) is 12.6. The van der Waals surface area contributed by atoms with E-state index in [9.17, 15) is 9.59 Å². The lowest BCUT2D eigenvalue weighted by Gasteiger charge is -2.16. The molecule has 0 saturated heterocycles. The highest BCUT2D eigenvalue weighted by Gasteiger charge is 2.44. The van der Waals surface area contributed by atoms with Crippen LogP contribution < -0.4 is 11.0 Å². The number of amides is 1. The molecule has 1 aliphatic carbocycles. The number of para-hydroxylation sites is 1. The maximum absolute atomic E-state index is 12.9. The number of carbonyl (C=O) groups is 1. The van der Waals surface area contributed by atoms with E-state index < -0.39 is 0 Å². The van der Waals surface area contributed by atoms with E-state index in [-0.39, 0.29) is 29.2 Å². The summed E-state index contributed by atoms with van der Waals surface area (Å²) in [5.74, 6) is 0.578. The van der Waals surface area contributed by atoms with Gasteiger partial charge in [0, 0.05) is 11.8 Å². The number of nitrogens with zero attached hydrogens (tertiary/aromatic N) is 2. The van der Waals surface area contributed by atoms with E-state index in [4.69, 9.17) is 0 Å². The van der Waals surface area contributed by atoms with Crippen molar-refractivity contribution in [3.05, 3.63) is 76.3 Å². The summed E-state index contributed by atoms with van der Waals surface area (Å²) in [6, 6.07) is 17.2. The van der Waals surface area contributed by atoms with Gasteiger partial charge in [-0.1, -0.05) is 56.3 Å². The van der Waals surface area contributed by atoms with E-state index >= 15 is 0 Å². The molecule has 2 atom stereocenters. The van der Waals surface area contributed by atoms with Crippen LogP contribution in [0.2, 0.25) is 0 Å². The zero-order chi connectivity index (χ0) is 18.3. The summed E-state index contributed by atoms with van der Waals surface area (Å²) >= 11 is 0. The standard InChI is InChI=1S/C21H21N3O2/c1-13(2)19-22-18-11-7-6-10-15(18)21(26)24(19)23-20(25)17-12-16(17)14-8-4-3-5-9-14/h3-11,13,16-17H,12H2,1-2H3,(H,23,25). The lowest BCUT2D eigenvalue weighted by molar-refractivity contribution is -0.118. The lowest BCUT2D eigenvalue weighted by atomic mass is 10.1. The third-order valence-electron chi connectivity index (χ3n) is 4.89. The number of benzene rings is 2. The molecule has 1 N–H and O–H groups in total. The van der Waals surface area contributed by atoms with Crippen molar-refractivity contribution in [2.45, 2.75) is 32.1 Å². The van der Waals surface area contributed by atoms with Crippen molar-refractivity contribution in [2.24, 2.45) is 5.92 Å². The molecule has 4 rings (SSSR count). The quantitative estimate of drug-likeness (QED) is 0.787. The zero-order valence-corrected chi connectivity index (χ0v) is 14.8. The molecule has 1 aliphatic rings. The minimum Gasteiger partial charge on any atom is -0.273 e. The molecule has 0 aliphatic heterocycles. The van der Waals surface area contributed by atoms with Crippen LogP contribution in [0.5, 0.6) is 0 Å². The molecule has 0 radical (unpaired) electrons. The minimum atomic E-state index is -0.232. The van der Waals surface area contributed by atoms with E-state index in [1.165, 1.54) is 10.2 Å². The summed E-state index contributed by atoms with van der Waals surface area (Å²) < 4.78 is 1.33. The Morgan fingerprint density at radius 3 is 2.54 bits per heavy atom. The highest BCUT2D eigenvalue weighted by Crippen LogP contribution is 2.47. The summed E-state index contributed by atoms with van der Waals surface area (Å²) in [7, 11) is 0. The molecule has 1 fully saturated rings. The van der Waals surface area contributed by atoms with Gasteiger partial charge < -0.3 is 0 Å². The Hall–Kier alpha value is -2.95. The second-order valence-corrected chi connectivity index (χ2v) is 7.12. The number of hydrogen-bond donors (Lipinski definition) is 1. The van der Waals surface area contributed by atoms with E-state index in [1.807, 2.05) is 56.3 Å². The lowest BCUT2D eigenvalue weighted by Crippen LogP contribution is -2.37. The first-order valence-corrected chi connectivity index (χ1v) is 8.93. The Balaban J connectivity index is 1.65. The molecule has 1 amide bonds. The maximum Gasteiger partial charge on any atom is 0.280 e. The van der Waals surface area contributed by atoms with Gasteiger partial charge in [-0.15, -0.1) is 0 Å². The number of carbonyl (C=O) groups excluding carboxylic acids is 1. The van der Waals surface area contributed by atoms with Crippen LogP contribution in [-0.4, -0.2) is 15.6 Å². The second kappa shape index (κ2) is 6.41. The molecule has 5 heteroatoms. The zero-order valence-electron chi connectivity index (χ0n) is 14.8. The Labute approximate surface area is 151 Å². The molecular formula is C21H21N3O2. The van der Waals surface area contributed by atoms with Crippen LogP contribution in [0.25, 0.3) is 10.9 Å². The van der Waals surface area contributed by atoms with Crippen molar-refractivity contribution < 1.29 is 4.79 Å². The van der Waals surface area contributed by atoms with Crippen LogP contribution in [0.15, 0.2) is 59.4 Å². The predicted molar refractivity (Wildman–Crippen MR) is 102 cm³/mol. The third-order valence-corrected chi connectivity index (χ3v) is 4.89. The Morgan fingerprint density at radius 2 is 1.81 bits per heavy atom. The molecule has 2 aromatic carbocycles. The van der Waals surface area contributed by atoms with Crippen LogP contribution in [0.3, 0.4) is 0 Å². The molecule has 26 heavy (non-hydrogen) atoms. The van der Waals surface area contributed by atoms with Gasteiger partial charge in [-0.25, -0.2) is 9.66 Å². The Kier molecular flexibility index (Phi) is 4.07. The molecule has 3 aromatic rings. The molecule has 1 heterocycles. The first kappa shape index (κ1) is 16.5. The highest BCUT2D eigenvalue weighted by atomic mass is 16.2. The molecule has 0 bridgehead atoms. The topological polar surface area (TPSA) is 64.0 Å². The second-order valence-electron chi connectivity index (χ2n) is 7.12. The van der Waals surface area contributed by atoms with Gasteiger partial charge in [-0.05, 0) is 30.0 Å². The third kappa shape index (κ3) is 2.90. The van der Waals surface area contributed by atoms with E-state index in [0.29, 0.717) is 16.7 Å². The normalized spacial score (nSPS) is 18.9. The number of hydrogen-bond acceptors (Lipinski definition) is 3. The van der Waals surface area contributed by atoms with Crippen LogP contribution >= 0.6 is 0 Å². The van der Waals surface area contributed by atoms with Crippen molar-refractivity contribution in [2.75, 3.05) is 5.43 Å². The van der Waals surface area contributed by atoms with E-state index in [2.05, 4.69) is 10.4 Å². The van der Waals surface area contributed by atoms with Crippen LogP contribution in [-0.2, 0) is 4.79 Å². The highest BCUT2D eigenvalue weighted by molar-refractivity contribution is 5.90. The van der Waals surface area contributed by atoms with Crippen molar-refractivity contribution in [3.8, 4) is 0 Å². The summed E-state index contributed by atoms with van der Waals surface area (Å²) in [5, 5.41) is 0.507. The summed E-state index contributed by atoms with van der Waals surface area (Å²) in [6.07, 6.45) is 0.808. The largest absolute Gasteiger partial charge is 0.280 e. The van der Waals surface area contributed by atoms with Crippen molar-refractivity contribution in [1.82, 2.24) is 9.66 Å². The van der Waals surface area contributed by atoms with Crippen molar-refractivity contribution >= 4 is 16.8 Å². The molecule has 2 unspecified atom stereocenters. The van der Waals surface area contributed by atoms with Gasteiger partial charge in [0.05, 0.1) is 10.9 Å². The predicted octanol–water partition coefficient (Wildman–Crippen LogP) is 3.39. The fourth-order valence-corrected chi connectivity index (χ4v) is 3.39.